The molecule has 1 aromatic heterocycles. The van der Waals surface area contributed by atoms with Crippen molar-refractivity contribution in [3.63, 3.8) is 0 Å². The second kappa shape index (κ2) is 17.3. The monoisotopic (exact) mass is 792 g/mol. The van der Waals surface area contributed by atoms with E-state index in [1.54, 1.807) is 24.3 Å². The number of carbonyl (C=O) groups excluding carboxylic acids is 2. The Kier molecular flexibility index (Phi) is 12.8. The number of ether oxygens (including phenoxy) is 1. The number of aromatic nitrogens is 3. The number of alkyl halides is 3. The molecule has 16 heteroatoms. The van der Waals surface area contributed by atoms with Gasteiger partial charge in [0.25, 0.3) is 0 Å². The number of hydrogen-bond donors (Lipinski definition) is 1. The number of anilines is 1. The maximum atomic E-state index is 12.8. The highest BCUT2D eigenvalue weighted by Crippen LogP contribution is 2.34. The fraction of sp³-hybridized carbons (Fsp3) is 0.256. The zero-order valence-corrected chi connectivity index (χ0v) is 32.3. The molecule has 55 heavy (non-hydrogen) atoms. The number of halogens is 3. The van der Waals surface area contributed by atoms with E-state index in [2.05, 4.69) is 39.0 Å². The third kappa shape index (κ3) is 11.3. The first kappa shape index (κ1) is 40.7. The molecule has 4 aromatic carbocycles. The van der Waals surface area contributed by atoms with E-state index in [1.807, 2.05) is 56.3 Å². The number of amides is 3. The van der Waals surface area contributed by atoms with Crippen molar-refractivity contribution in [3.8, 4) is 22.8 Å². The summed E-state index contributed by atoms with van der Waals surface area (Å²) < 4.78 is 64.4. The number of hydrogen-bond acceptors (Lipinski definition) is 8. The first-order valence-corrected chi connectivity index (χ1v) is 19.9. The summed E-state index contributed by atoms with van der Waals surface area (Å²) in [4.78, 5) is 35.8. The maximum Gasteiger partial charge on any atom is 0.573 e. The molecular weight excluding hydrogens is 754 g/mol. The quantitative estimate of drug-likeness (QED) is 0.158. The van der Waals surface area contributed by atoms with Crippen molar-refractivity contribution >= 4 is 44.4 Å². The van der Waals surface area contributed by atoms with Gasteiger partial charge in [-0.3, -0.25) is 9.69 Å². The van der Waals surface area contributed by atoms with Crippen molar-refractivity contribution in [2.75, 3.05) is 23.5 Å². The molecule has 11 nitrogen and oxygen atoms in total. The number of nitrogens with one attached hydrogen (secondary N) is 1. The van der Waals surface area contributed by atoms with Gasteiger partial charge in [-0.1, -0.05) is 79.7 Å². The van der Waals surface area contributed by atoms with Gasteiger partial charge in [0.2, 0.25) is 5.91 Å². The summed E-state index contributed by atoms with van der Waals surface area (Å²) in [6.07, 6.45) is -1.53. The largest absolute Gasteiger partial charge is 0.573 e. The van der Waals surface area contributed by atoms with Crippen molar-refractivity contribution in [3.05, 3.63) is 120 Å². The Labute approximate surface area is 321 Å². The highest BCUT2D eigenvalue weighted by Gasteiger charge is 2.33. The summed E-state index contributed by atoms with van der Waals surface area (Å²) in [5.74, 6) is 0.429. The number of aryl methyl sites for hydroxylation is 2. The molecule has 2 heterocycles. The van der Waals surface area contributed by atoms with Gasteiger partial charge in [-0.25, -0.2) is 22.9 Å². The Hall–Kier alpha value is -5.48. The van der Waals surface area contributed by atoms with Gasteiger partial charge in [-0.2, -0.15) is 4.99 Å². The van der Waals surface area contributed by atoms with Crippen LogP contribution in [-0.4, -0.2) is 65.2 Å². The zero-order valence-electron chi connectivity index (χ0n) is 30.7. The molecule has 0 unspecified atom stereocenters. The van der Waals surface area contributed by atoms with Crippen LogP contribution >= 0.6 is 11.8 Å². The molecule has 3 amide bonds. The van der Waals surface area contributed by atoms with Gasteiger partial charge >= 0.3 is 12.4 Å². The summed E-state index contributed by atoms with van der Waals surface area (Å²) in [6.45, 7) is 8.35. The molecule has 0 atom stereocenters. The minimum atomic E-state index is -4.76. The highest BCUT2D eigenvalue weighted by atomic mass is 32.2. The first-order valence-electron chi connectivity index (χ1n) is 17.0. The average molecular weight is 793 g/mol. The Morgan fingerprint density at radius 1 is 0.964 bits per heavy atom. The maximum absolute atomic E-state index is 12.8. The summed E-state index contributed by atoms with van der Waals surface area (Å²) >= 11 is 1.25. The van der Waals surface area contributed by atoms with Gasteiger partial charge in [0, 0.05) is 18.4 Å². The van der Waals surface area contributed by atoms with Crippen molar-refractivity contribution in [1.82, 2.24) is 20.1 Å². The van der Waals surface area contributed by atoms with E-state index >= 15 is 0 Å². The van der Waals surface area contributed by atoms with E-state index in [-0.39, 0.29) is 23.3 Å². The molecular formula is C39H39F3N6O5S2. The molecule has 1 aliphatic rings. The minimum Gasteiger partial charge on any atom is -0.406 e. The molecule has 6 rings (SSSR count). The second-order valence-corrected chi connectivity index (χ2v) is 15.9. The fourth-order valence-corrected chi connectivity index (χ4v) is 6.87. The molecule has 1 fully saturated rings. The van der Waals surface area contributed by atoms with Crippen LogP contribution in [0, 0.1) is 13.8 Å². The summed E-state index contributed by atoms with van der Waals surface area (Å²) in [7, 11) is -3.02. The van der Waals surface area contributed by atoms with Crippen LogP contribution in [0.1, 0.15) is 42.0 Å². The van der Waals surface area contributed by atoms with Crippen molar-refractivity contribution < 1.29 is 35.9 Å². The number of rotatable bonds is 9. The van der Waals surface area contributed by atoms with Crippen LogP contribution in [0.15, 0.2) is 107 Å². The predicted octanol–water partition coefficient (Wildman–Crippen LogP) is 8.05. The predicted molar refractivity (Wildman–Crippen MR) is 208 cm³/mol. The number of amidine groups is 1. The van der Waals surface area contributed by atoms with Crippen LogP contribution in [-0.2, 0) is 21.1 Å². The lowest BCUT2D eigenvalue weighted by Gasteiger charge is -2.22. The van der Waals surface area contributed by atoms with E-state index < -0.39 is 22.2 Å². The summed E-state index contributed by atoms with van der Waals surface area (Å²) in [5.41, 5.74) is 6.10. The second-order valence-electron chi connectivity index (χ2n) is 12.9. The number of sulfone groups is 1. The van der Waals surface area contributed by atoms with Gasteiger partial charge < -0.3 is 10.1 Å². The lowest BCUT2D eigenvalue weighted by atomic mass is 9.99. The SMILES string of the molecule is Cc1ccc(C(C)C)c(N2C(=O)CSC2=NC(=O)NCCc2ccc(-c3ncn(-c4ccc(OC(F)(F)F)cc4)n3)cc2)c1.Cc1ccc(S(C)(=O)=O)cc1. The average Bonchev–Trinajstić information content (AvgIpc) is 3.75. The standard InChI is InChI=1S/C31H29F3N6O3S.C8H10O2S/c1-19(2)25-13-4-20(3)16-26(25)40-27(41)17-44-30(40)37-29(42)35-15-14-21-5-7-22(8-6-21)28-36-18-39(38-28)23-9-11-24(12-10-23)43-31(32,33)34;1-7-3-5-8(6-4-7)11(2,9)10/h4-13,16,18-19H,14-15,17H2,1-3H3,(H,35,42);3-6H,1-2H3. The van der Waals surface area contributed by atoms with Crippen LogP contribution in [0.5, 0.6) is 5.75 Å². The van der Waals surface area contributed by atoms with Gasteiger partial charge in [-0.15, -0.1) is 18.3 Å². The number of thioether (sulfide) groups is 1. The Bertz CT molecular complexity index is 2270. The molecule has 0 spiro atoms. The van der Waals surface area contributed by atoms with Crippen LogP contribution < -0.4 is 15.0 Å². The van der Waals surface area contributed by atoms with Crippen LogP contribution in [0.2, 0.25) is 0 Å². The Morgan fingerprint density at radius 3 is 2.24 bits per heavy atom. The van der Waals surface area contributed by atoms with Crippen molar-refractivity contribution in [1.29, 1.82) is 0 Å². The topological polar surface area (TPSA) is 136 Å². The number of urea groups is 1. The normalized spacial score (nSPS) is 13.9. The lowest BCUT2D eigenvalue weighted by Crippen LogP contribution is -2.32. The Morgan fingerprint density at radius 2 is 1.62 bits per heavy atom. The van der Waals surface area contributed by atoms with E-state index in [4.69, 9.17) is 0 Å². The molecule has 0 saturated carbocycles. The summed E-state index contributed by atoms with van der Waals surface area (Å²) in [6, 6.07) is 25.1. The molecule has 1 aliphatic heterocycles. The van der Waals surface area contributed by atoms with Crippen LogP contribution in [0.25, 0.3) is 17.1 Å². The number of aliphatic imine (C=N–C) groups is 1. The molecule has 5 aromatic rings. The molecule has 0 radical (unpaired) electrons. The van der Waals surface area contributed by atoms with Crippen molar-refractivity contribution in [2.45, 2.75) is 51.3 Å². The molecule has 0 bridgehead atoms. The van der Waals surface area contributed by atoms with Gasteiger partial charge in [-0.05, 0) is 85.3 Å². The number of benzene rings is 4. The molecule has 1 N–H and O–H groups in total. The molecule has 1 saturated heterocycles. The van der Waals surface area contributed by atoms with Gasteiger partial charge in [0.15, 0.2) is 20.8 Å². The zero-order chi connectivity index (χ0) is 39.9. The molecule has 288 valence electrons. The van der Waals surface area contributed by atoms with Gasteiger partial charge in [0.05, 0.1) is 22.0 Å². The fourth-order valence-electron chi connectivity index (χ4n) is 5.38. The Balaban J connectivity index is 0.000000454. The van der Waals surface area contributed by atoms with E-state index in [0.29, 0.717) is 34.5 Å². The number of carbonyl (C=O) groups is 2. The first-order chi connectivity index (χ1) is 26.0. The molecule has 0 aliphatic carbocycles. The van der Waals surface area contributed by atoms with E-state index in [0.717, 1.165) is 33.5 Å². The van der Waals surface area contributed by atoms with Crippen LogP contribution in [0.4, 0.5) is 23.7 Å². The number of nitrogens with zero attached hydrogens (tertiary/aromatic N) is 5. The van der Waals surface area contributed by atoms with E-state index in [1.165, 1.54) is 58.2 Å². The van der Waals surface area contributed by atoms with E-state index in [9.17, 15) is 31.2 Å². The highest BCUT2D eigenvalue weighted by molar-refractivity contribution is 8.15. The lowest BCUT2D eigenvalue weighted by molar-refractivity contribution is -0.274. The minimum absolute atomic E-state index is 0.109. The third-order valence-electron chi connectivity index (χ3n) is 8.19. The van der Waals surface area contributed by atoms with Crippen molar-refractivity contribution in [2.24, 2.45) is 4.99 Å². The van der Waals surface area contributed by atoms with Crippen LogP contribution in [0.3, 0.4) is 0 Å². The summed E-state index contributed by atoms with van der Waals surface area (Å²) in [5, 5.41) is 7.58. The van der Waals surface area contributed by atoms with Gasteiger partial charge in [0.1, 0.15) is 12.1 Å². The smallest absolute Gasteiger partial charge is 0.406 e. The third-order valence-corrected chi connectivity index (χ3v) is 10.2.